The number of carbonyl (C=O) groups excluding carboxylic acids is 1. The monoisotopic (exact) mass is 355 g/mol. The van der Waals surface area contributed by atoms with Crippen LogP contribution < -0.4 is 4.74 Å². The number of hydrogen-bond acceptors (Lipinski definition) is 3. The van der Waals surface area contributed by atoms with Crippen molar-refractivity contribution in [2.75, 3.05) is 0 Å². The molecule has 0 N–H and O–H groups in total. The minimum atomic E-state index is -0.929. The zero-order chi connectivity index (χ0) is 15.6. The minimum absolute atomic E-state index is 0.0632. The highest BCUT2D eigenvalue weighted by Gasteiger charge is 2.20. The second-order valence-electron chi connectivity index (χ2n) is 4.65. The van der Waals surface area contributed by atoms with Crippen LogP contribution in [0.2, 0.25) is 0 Å². The van der Waals surface area contributed by atoms with E-state index in [1.165, 1.54) is 18.5 Å². The fourth-order valence-corrected chi connectivity index (χ4v) is 2.19. The lowest BCUT2D eigenvalue weighted by atomic mass is 10.0. The summed E-state index contributed by atoms with van der Waals surface area (Å²) in [6.07, 6.45) is 2.58. The van der Waals surface area contributed by atoms with Crippen LogP contribution >= 0.6 is 15.9 Å². The first kappa shape index (κ1) is 15.6. The fraction of sp³-hybridized carbons (Fsp3) is 0.200. The van der Waals surface area contributed by atoms with Crippen LogP contribution in [0.1, 0.15) is 29.8 Å². The van der Waals surface area contributed by atoms with E-state index in [4.69, 9.17) is 4.74 Å². The molecule has 0 aliphatic rings. The van der Waals surface area contributed by atoms with Gasteiger partial charge in [-0.25, -0.2) is 8.78 Å². The number of hydrogen-bond donors (Lipinski definition) is 0. The van der Waals surface area contributed by atoms with Gasteiger partial charge in [0.2, 0.25) is 5.78 Å². The maximum Gasteiger partial charge on any atom is 0.200 e. The third kappa shape index (κ3) is 3.64. The number of pyridine rings is 1. The SMILES string of the molecule is CC(C)Oc1cncc(C(=O)c2c(F)cc(Br)cc2F)c1. The molecule has 1 aromatic heterocycles. The lowest BCUT2D eigenvalue weighted by molar-refractivity contribution is 0.103. The summed E-state index contributed by atoms with van der Waals surface area (Å²) in [5, 5.41) is 0. The largest absolute Gasteiger partial charge is 0.489 e. The third-order valence-electron chi connectivity index (χ3n) is 2.58. The van der Waals surface area contributed by atoms with E-state index in [9.17, 15) is 13.6 Å². The van der Waals surface area contributed by atoms with Gasteiger partial charge in [-0.1, -0.05) is 15.9 Å². The molecule has 0 radical (unpaired) electrons. The van der Waals surface area contributed by atoms with E-state index >= 15 is 0 Å². The topological polar surface area (TPSA) is 39.2 Å². The Kier molecular flexibility index (Phi) is 4.67. The number of nitrogens with zero attached hydrogens (tertiary/aromatic N) is 1. The summed E-state index contributed by atoms with van der Waals surface area (Å²) in [4.78, 5) is 16.1. The molecule has 0 aliphatic heterocycles. The van der Waals surface area contributed by atoms with Crippen molar-refractivity contribution in [2.45, 2.75) is 20.0 Å². The Morgan fingerprint density at radius 1 is 1.19 bits per heavy atom. The summed E-state index contributed by atoms with van der Waals surface area (Å²) in [6, 6.07) is 3.49. The van der Waals surface area contributed by atoms with Gasteiger partial charge >= 0.3 is 0 Å². The summed E-state index contributed by atoms with van der Waals surface area (Å²) >= 11 is 2.97. The Labute approximate surface area is 129 Å². The number of halogens is 3. The van der Waals surface area contributed by atoms with Gasteiger partial charge in [-0.15, -0.1) is 0 Å². The molecule has 0 amide bonds. The number of benzene rings is 1. The standard InChI is InChI=1S/C15H12BrF2NO2/c1-8(2)21-11-3-9(6-19-7-11)15(20)14-12(17)4-10(16)5-13(14)18/h3-8H,1-2H3. The zero-order valence-corrected chi connectivity index (χ0v) is 12.9. The molecule has 0 bridgehead atoms. The molecule has 0 unspecified atom stereocenters. The van der Waals surface area contributed by atoms with Gasteiger partial charge in [0.25, 0.3) is 0 Å². The Morgan fingerprint density at radius 2 is 1.81 bits per heavy atom. The van der Waals surface area contributed by atoms with Gasteiger partial charge in [-0.05, 0) is 32.0 Å². The highest BCUT2D eigenvalue weighted by atomic mass is 79.9. The molecular formula is C15H12BrF2NO2. The molecule has 1 aromatic carbocycles. The van der Waals surface area contributed by atoms with Crippen molar-refractivity contribution in [1.82, 2.24) is 4.98 Å². The van der Waals surface area contributed by atoms with Gasteiger partial charge in [-0.3, -0.25) is 9.78 Å². The van der Waals surface area contributed by atoms with E-state index in [1.54, 1.807) is 0 Å². The molecule has 110 valence electrons. The van der Waals surface area contributed by atoms with Crippen molar-refractivity contribution < 1.29 is 18.3 Å². The van der Waals surface area contributed by atoms with Gasteiger partial charge in [-0.2, -0.15) is 0 Å². The number of rotatable bonds is 4. The number of ketones is 1. The highest BCUT2D eigenvalue weighted by Crippen LogP contribution is 2.23. The molecule has 2 aromatic rings. The van der Waals surface area contributed by atoms with Crippen LogP contribution in [0.3, 0.4) is 0 Å². The normalized spacial score (nSPS) is 10.8. The van der Waals surface area contributed by atoms with Crippen LogP contribution in [0.25, 0.3) is 0 Å². The van der Waals surface area contributed by atoms with Gasteiger partial charge in [0.05, 0.1) is 17.9 Å². The Morgan fingerprint density at radius 3 is 2.38 bits per heavy atom. The zero-order valence-electron chi connectivity index (χ0n) is 11.4. The van der Waals surface area contributed by atoms with Crippen LogP contribution in [0.4, 0.5) is 8.78 Å². The van der Waals surface area contributed by atoms with Gasteiger partial charge in [0.1, 0.15) is 17.4 Å². The molecule has 6 heteroatoms. The third-order valence-corrected chi connectivity index (χ3v) is 3.04. The molecule has 2 rings (SSSR count). The fourth-order valence-electron chi connectivity index (χ4n) is 1.78. The highest BCUT2D eigenvalue weighted by molar-refractivity contribution is 9.10. The average molecular weight is 356 g/mol. The quantitative estimate of drug-likeness (QED) is 0.773. The van der Waals surface area contributed by atoms with E-state index < -0.39 is 23.0 Å². The molecule has 0 saturated heterocycles. The number of ether oxygens (including phenoxy) is 1. The van der Waals surface area contributed by atoms with Crippen LogP contribution in [-0.4, -0.2) is 16.9 Å². The van der Waals surface area contributed by atoms with Crippen LogP contribution in [0, 0.1) is 11.6 Å². The van der Waals surface area contributed by atoms with Crippen LogP contribution in [0.5, 0.6) is 5.75 Å². The maximum absolute atomic E-state index is 13.8. The van der Waals surface area contributed by atoms with Crippen LogP contribution in [-0.2, 0) is 0 Å². The van der Waals surface area contributed by atoms with Crippen molar-refractivity contribution in [3.8, 4) is 5.75 Å². The summed E-state index contributed by atoms with van der Waals surface area (Å²) in [6.45, 7) is 3.64. The molecule has 0 aliphatic carbocycles. The first-order valence-electron chi connectivity index (χ1n) is 6.19. The molecule has 0 fully saturated rings. The summed E-state index contributed by atoms with van der Waals surface area (Å²) in [5.41, 5.74) is -0.546. The summed E-state index contributed by atoms with van der Waals surface area (Å²) in [7, 11) is 0. The summed E-state index contributed by atoms with van der Waals surface area (Å²) < 4.78 is 33.3. The molecule has 3 nitrogen and oxygen atoms in total. The van der Waals surface area contributed by atoms with E-state index in [2.05, 4.69) is 20.9 Å². The Hall–Kier alpha value is -1.82. The van der Waals surface area contributed by atoms with Crippen molar-refractivity contribution in [2.24, 2.45) is 0 Å². The molecule has 0 saturated carbocycles. The van der Waals surface area contributed by atoms with Crippen LogP contribution in [0.15, 0.2) is 35.1 Å². The predicted octanol–water partition coefficient (Wildman–Crippen LogP) is 4.14. The average Bonchev–Trinajstić information content (AvgIpc) is 2.36. The maximum atomic E-state index is 13.8. The minimum Gasteiger partial charge on any atom is -0.489 e. The second-order valence-corrected chi connectivity index (χ2v) is 5.57. The number of carbonyl (C=O) groups is 1. The lowest BCUT2D eigenvalue weighted by Gasteiger charge is -2.10. The molecule has 0 atom stereocenters. The predicted molar refractivity (Wildman–Crippen MR) is 77.5 cm³/mol. The van der Waals surface area contributed by atoms with Crippen molar-refractivity contribution in [3.63, 3.8) is 0 Å². The Bertz CT molecular complexity index is 666. The van der Waals surface area contributed by atoms with E-state index in [0.717, 1.165) is 12.1 Å². The first-order valence-corrected chi connectivity index (χ1v) is 6.98. The molecule has 0 spiro atoms. The van der Waals surface area contributed by atoms with Gasteiger partial charge in [0.15, 0.2) is 0 Å². The Balaban J connectivity index is 2.41. The van der Waals surface area contributed by atoms with E-state index in [1.807, 2.05) is 13.8 Å². The number of aromatic nitrogens is 1. The molecule has 21 heavy (non-hydrogen) atoms. The second kappa shape index (κ2) is 6.30. The summed E-state index contributed by atoms with van der Waals surface area (Å²) in [5.74, 6) is -2.27. The first-order chi connectivity index (χ1) is 9.88. The van der Waals surface area contributed by atoms with Crippen molar-refractivity contribution in [3.05, 3.63) is 57.8 Å². The lowest BCUT2D eigenvalue weighted by Crippen LogP contribution is -2.10. The smallest absolute Gasteiger partial charge is 0.200 e. The van der Waals surface area contributed by atoms with Crippen molar-refractivity contribution >= 4 is 21.7 Å². The van der Waals surface area contributed by atoms with E-state index in [0.29, 0.717) is 5.75 Å². The van der Waals surface area contributed by atoms with Gasteiger partial charge in [0, 0.05) is 16.2 Å². The molecular weight excluding hydrogens is 344 g/mol. The molecule has 1 heterocycles. The van der Waals surface area contributed by atoms with Gasteiger partial charge < -0.3 is 4.74 Å². The van der Waals surface area contributed by atoms with Crippen molar-refractivity contribution in [1.29, 1.82) is 0 Å². The van der Waals surface area contributed by atoms with E-state index in [-0.39, 0.29) is 16.1 Å².